The largest absolute Gasteiger partial charge is 0.493 e. The molecule has 0 radical (unpaired) electrons. The maximum absolute atomic E-state index is 5.59. The monoisotopic (exact) mass is 362 g/mol. The fourth-order valence-electron chi connectivity index (χ4n) is 4.72. The summed E-state index contributed by atoms with van der Waals surface area (Å²) >= 11 is 0. The molecular formula is C21H34N2O3. The van der Waals surface area contributed by atoms with Crippen LogP contribution in [-0.4, -0.2) is 57.9 Å². The summed E-state index contributed by atoms with van der Waals surface area (Å²) in [6.45, 7) is 3.33. The topological polar surface area (TPSA) is 34.2 Å². The number of benzene rings is 1. The van der Waals surface area contributed by atoms with E-state index < -0.39 is 0 Å². The van der Waals surface area contributed by atoms with Crippen LogP contribution in [0.1, 0.15) is 45.4 Å². The molecule has 0 saturated carbocycles. The molecule has 2 atom stereocenters. The molecule has 5 nitrogen and oxygen atoms in total. The Bertz CT molecular complexity index is 568. The Morgan fingerprint density at radius 2 is 1.58 bits per heavy atom. The molecule has 1 aromatic rings. The van der Waals surface area contributed by atoms with Gasteiger partial charge in [0.2, 0.25) is 5.75 Å². The maximum Gasteiger partial charge on any atom is 0.203 e. The van der Waals surface area contributed by atoms with Crippen molar-refractivity contribution < 1.29 is 14.2 Å². The second kappa shape index (κ2) is 8.38. The van der Waals surface area contributed by atoms with Crippen molar-refractivity contribution in [3.8, 4) is 17.2 Å². The van der Waals surface area contributed by atoms with Gasteiger partial charge < -0.3 is 24.0 Å². The number of hydrogen-bond acceptors (Lipinski definition) is 5. The van der Waals surface area contributed by atoms with Gasteiger partial charge in [-0.3, -0.25) is 0 Å². The Morgan fingerprint density at radius 3 is 2.04 bits per heavy atom. The van der Waals surface area contributed by atoms with E-state index in [1.165, 1.54) is 44.2 Å². The van der Waals surface area contributed by atoms with Crippen molar-refractivity contribution in [2.45, 2.75) is 63.6 Å². The third-order valence-electron chi connectivity index (χ3n) is 6.25. The molecule has 2 aliphatic rings. The average molecular weight is 363 g/mol. The van der Waals surface area contributed by atoms with E-state index in [2.05, 4.69) is 35.9 Å². The summed E-state index contributed by atoms with van der Waals surface area (Å²) in [6.07, 6.45) is 7.56. The number of hydrogen-bond donors (Lipinski definition) is 0. The van der Waals surface area contributed by atoms with Crippen molar-refractivity contribution in [3.63, 3.8) is 0 Å². The van der Waals surface area contributed by atoms with Gasteiger partial charge in [-0.1, -0.05) is 13.3 Å². The minimum atomic E-state index is 0.582. The molecule has 2 bridgehead atoms. The molecule has 2 fully saturated rings. The van der Waals surface area contributed by atoms with Gasteiger partial charge in [-0.05, 0) is 39.2 Å². The Kier molecular flexibility index (Phi) is 6.17. The summed E-state index contributed by atoms with van der Waals surface area (Å²) in [5.74, 6) is 2.14. The highest BCUT2D eigenvalue weighted by Crippen LogP contribution is 2.43. The third kappa shape index (κ3) is 3.59. The van der Waals surface area contributed by atoms with Crippen LogP contribution in [0.5, 0.6) is 17.2 Å². The van der Waals surface area contributed by atoms with Gasteiger partial charge in [-0.25, -0.2) is 0 Å². The lowest BCUT2D eigenvalue weighted by Crippen LogP contribution is -2.49. The number of nitrogens with zero attached hydrogens (tertiary/aromatic N) is 2. The summed E-state index contributed by atoms with van der Waals surface area (Å²) in [5.41, 5.74) is 1.18. The van der Waals surface area contributed by atoms with Crippen LogP contribution in [0.25, 0.3) is 0 Å². The fraction of sp³-hybridized carbons (Fsp3) is 0.714. The van der Waals surface area contributed by atoms with E-state index in [-0.39, 0.29) is 0 Å². The number of piperidine rings is 1. The lowest BCUT2D eigenvalue weighted by Gasteiger charge is -2.43. The second-order valence-corrected chi connectivity index (χ2v) is 7.61. The first-order valence-electron chi connectivity index (χ1n) is 9.91. The molecule has 0 aromatic heterocycles. The minimum absolute atomic E-state index is 0.582. The summed E-state index contributed by atoms with van der Waals surface area (Å²) in [7, 11) is 7.33. The molecule has 0 aliphatic carbocycles. The summed E-state index contributed by atoms with van der Waals surface area (Å²) < 4.78 is 16.7. The Hall–Kier alpha value is -1.62. The molecule has 2 heterocycles. The van der Waals surface area contributed by atoms with E-state index in [4.69, 9.17) is 14.2 Å². The standard InChI is InChI=1S/C21H34N2O3/c1-6-7-10-23(17-11-15-8-9-16(12-17)22(15)2)18-13-19(24-3)21(26-5)20(14-18)25-4/h13-17H,6-12H2,1-5H3. The van der Waals surface area contributed by atoms with Gasteiger partial charge in [-0.15, -0.1) is 0 Å². The minimum Gasteiger partial charge on any atom is -0.493 e. The number of fused-ring (bicyclic) bond motifs is 2. The van der Waals surface area contributed by atoms with Gasteiger partial charge in [0.15, 0.2) is 11.5 Å². The average Bonchev–Trinajstić information content (AvgIpc) is 2.87. The molecule has 146 valence electrons. The number of anilines is 1. The number of methoxy groups -OCH3 is 3. The molecule has 2 saturated heterocycles. The molecule has 2 aliphatic heterocycles. The molecule has 0 spiro atoms. The van der Waals surface area contributed by atoms with Crippen LogP contribution in [0.2, 0.25) is 0 Å². The van der Waals surface area contributed by atoms with Crippen LogP contribution in [-0.2, 0) is 0 Å². The van der Waals surface area contributed by atoms with Gasteiger partial charge in [0.25, 0.3) is 0 Å². The van der Waals surface area contributed by atoms with E-state index in [9.17, 15) is 0 Å². The Morgan fingerprint density at radius 1 is 1.00 bits per heavy atom. The molecule has 26 heavy (non-hydrogen) atoms. The van der Waals surface area contributed by atoms with Crippen molar-refractivity contribution in [1.82, 2.24) is 4.90 Å². The second-order valence-electron chi connectivity index (χ2n) is 7.61. The van der Waals surface area contributed by atoms with Crippen LogP contribution in [0, 0.1) is 0 Å². The zero-order valence-corrected chi connectivity index (χ0v) is 17.0. The summed E-state index contributed by atoms with van der Waals surface area (Å²) in [4.78, 5) is 5.19. The van der Waals surface area contributed by atoms with Crippen molar-refractivity contribution in [1.29, 1.82) is 0 Å². The molecule has 1 aromatic carbocycles. The number of rotatable bonds is 8. The zero-order valence-electron chi connectivity index (χ0n) is 17.0. The third-order valence-corrected chi connectivity index (χ3v) is 6.25. The quantitative estimate of drug-likeness (QED) is 0.700. The maximum atomic E-state index is 5.59. The molecule has 0 amide bonds. The Labute approximate surface area is 158 Å². The van der Waals surface area contributed by atoms with Crippen LogP contribution in [0.15, 0.2) is 12.1 Å². The van der Waals surface area contributed by atoms with Crippen molar-refractivity contribution in [3.05, 3.63) is 12.1 Å². The highest BCUT2D eigenvalue weighted by molar-refractivity contribution is 5.64. The van der Waals surface area contributed by atoms with Crippen molar-refractivity contribution in [2.24, 2.45) is 0 Å². The zero-order chi connectivity index (χ0) is 18.7. The molecule has 2 unspecified atom stereocenters. The molecule has 3 rings (SSSR count). The van der Waals surface area contributed by atoms with Crippen LogP contribution < -0.4 is 19.1 Å². The first kappa shape index (κ1) is 19.2. The predicted molar refractivity (Wildman–Crippen MR) is 106 cm³/mol. The van der Waals surface area contributed by atoms with Crippen LogP contribution in [0.3, 0.4) is 0 Å². The van der Waals surface area contributed by atoms with Gasteiger partial charge in [0.1, 0.15) is 0 Å². The van der Waals surface area contributed by atoms with Crippen LogP contribution in [0.4, 0.5) is 5.69 Å². The van der Waals surface area contributed by atoms with Gasteiger partial charge in [0.05, 0.1) is 21.3 Å². The SMILES string of the molecule is CCCCN(c1cc(OC)c(OC)c(OC)c1)C1CC2CCC(C1)N2C. The van der Waals surface area contributed by atoms with E-state index in [1.807, 2.05) is 0 Å². The first-order chi connectivity index (χ1) is 12.6. The first-order valence-corrected chi connectivity index (χ1v) is 9.91. The Balaban J connectivity index is 1.92. The molecule has 0 N–H and O–H groups in total. The lowest BCUT2D eigenvalue weighted by molar-refractivity contribution is 0.159. The number of unbranched alkanes of at least 4 members (excludes halogenated alkanes) is 1. The number of ether oxygens (including phenoxy) is 3. The van der Waals surface area contributed by atoms with E-state index in [1.54, 1.807) is 21.3 Å². The lowest BCUT2D eigenvalue weighted by atomic mass is 9.95. The van der Waals surface area contributed by atoms with Gasteiger partial charge in [-0.2, -0.15) is 0 Å². The highest BCUT2D eigenvalue weighted by atomic mass is 16.5. The van der Waals surface area contributed by atoms with Crippen LogP contribution >= 0.6 is 0 Å². The summed E-state index contributed by atoms with van der Waals surface area (Å²) in [6, 6.07) is 6.25. The molecule has 5 heteroatoms. The smallest absolute Gasteiger partial charge is 0.203 e. The normalized spacial score (nSPS) is 25.2. The van der Waals surface area contributed by atoms with Crippen molar-refractivity contribution >= 4 is 5.69 Å². The fourth-order valence-corrected chi connectivity index (χ4v) is 4.72. The molecular weight excluding hydrogens is 328 g/mol. The van der Waals surface area contributed by atoms with E-state index in [0.717, 1.165) is 30.1 Å². The summed E-state index contributed by atoms with van der Waals surface area (Å²) in [5, 5.41) is 0. The van der Waals surface area contributed by atoms with E-state index in [0.29, 0.717) is 11.8 Å². The van der Waals surface area contributed by atoms with Crippen molar-refractivity contribution in [2.75, 3.05) is 39.8 Å². The van der Waals surface area contributed by atoms with E-state index >= 15 is 0 Å². The van der Waals surface area contributed by atoms with Gasteiger partial charge in [0, 0.05) is 42.5 Å². The van der Waals surface area contributed by atoms with Gasteiger partial charge >= 0.3 is 0 Å². The highest BCUT2D eigenvalue weighted by Gasteiger charge is 2.40. The predicted octanol–water partition coefficient (Wildman–Crippen LogP) is 3.94.